The molecule has 0 aliphatic heterocycles. The van der Waals surface area contributed by atoms with Crippen molar-refractivity contribution in [2.45, 2.75) is 39.9 Å². The number of rotatable bonds is 7. The van der Waals surface area contributed by atoms with Gasteiger partial charge in [0.05, 0.1) is 12.2 Å². The predicted octanol–water partition coefficient (Wildman–Crippen LogP) is 4.67. The van der Waals surface area contributed by atoms with E-state index in [2.05, 4.69) is 15.9 Å². The molecule has 0 fully saturated rings. The normalized spacial score (nSPS) is 12.2. The summed E-state index contributed by atoms with van der Waals surface area (Å²) in [5.41, 5.74) is 0.485. The first-order valence-corrected chi connectivity index (χ1v) is 8.98. The van der Waals surface area contributed by atoms with Crippen LogP contribution >= 0.6 is 23.5 Å². The van der Waals surface area contributed by atoms with Crippen LogP contribution < -0.4 is 0 Å². The maximum absolute atomic E-state index is 12.6. The first kappa shape index (κ1) is 17.6. The van der Waals surface area contributed by atoms with Gasteiger partial charge < -0.3 is 9.05 Å². The van der Waals surface area contributed by atoms with Gasteiger partial charge in [-0.15, -0.1) is 0 Å². The molecule has 0 aliphatic carbocycles. The molecule has 0 unspecified atom stereocenters. The summed E-state index contributed by atoms with van der Waals surface area (Å²) in [5, 5.41) is 0. The fourth-order valence-corrected chi connectivity index (χ4v) is 4.09. The lowest BCUT2D eigenvalue weighted by molar-refractivity contribution is 0.0988. The van der Waals surface area contributed by atoms with Crippen molar-refractivity contribution >= 4 is 29.3 Å². The van der Waals surface area contributed by atoms with Crippen molar-refractivity contribution < 1.29 is 18.4 Å². The van der Waals surface area contributed by atoms with Crippen LogP contribution in [0.3, 0.4) is 0 Å². The topological polar surface area (TPSA) is 52.6 Å². The molecule has 6 heteroatoms. The van der Waals surface area contributed by atoms with E-state index in [1.54, 1.807) is 45.9 Å². The molecular formula is C14H20BrO4P. The summed E-state index contributed by atoms with van der Waals surface area (Å²) in [6.45, 7) is 7.06. The van der Waals surface area contributed by atoms with E-state index < -0.39 is 7.60 Å². The lowest BCUT2D eigenvalue weighted by Gasteiger charge is -2.22. The molecule has 0 aliphatic rings. The molecule has 4 nitrogen and oxygen atoms in total. The van der Waals surface area contributed by atoms with Crippen molar-refractivity contribution in [1.29, 1.82) is 0 Å². The molecule has 0 spiro atoms. The second-order valence-electron chi connectivity index (χ2n) is 5.01. The quantitative estimate of drug-likeness (QED) is 0.522. The summed E-state index contributed by atoms with van der Waals surface area (Å²) in [4.78, 5) is 12.2. The average Bonchev–Trinajstić information content (AvgIpc) is 2.25. The zero-order chi connectivity index (χ0) is 15.3. The average molecular weight is 363 g/mol. The summed E-state index contributed by atoms with van der Waals surface area (Å²) in [6.07, 6.45) is -0.787. The van der Waals surface area contributed by atoms with Gasteiger partial charge in [-0.25, -0.2) is 0 Å². The van der Waals surface area contributed by atoms with Gasteiger partial charge in [0.1, 0.15) is 6.16 Å². The van der Waals surface area contributed by atoms with Gasteiger partial charge in [0.15, 0.2) is 5.78 Å². The Bertz CT molecular complexity index is 500. The standard InChI is InChI=1S/C14H20BrO4P/c1-10(2)18-20(17,19-11(3)4)9-14(16)12-6-5-7-13(15)8-12/h5-8,10-11H,9H2,1-4H3. The number of carbonyl (C=O) groups is 1. The summed E-state index contributed by atoms with van der Waals surface area (Å²) < 4.78 is 24.2. The molecule has 0 aromatic heterocycles. The van der Waals surface area contributed by atoms with Crippen molar-refractivity contribution in [2.24, 2.45) is 0 Å². The molecule has 112 valence electrons. The Balaban J connectivity index is 2.89. The molecule has 0 radical (unpaired) electrons. The van der Waals surface area contributed by atoms with Gasteiger partial charge in [0.2, 0.25) is 0 Å². The number of halogens is 1. The highest BCUT2D eigenvalue weighted by Gasteiger charge is 2.31. The van der Waals surface area contributed by atoms with E-state index in [1.807, 2.05) is 6.07 Å². The molecule has 1 aromatic rings. The molecule has 0 N–H and O–H groups in total. The molecular weight excluding hydrogens is 343 g/mol. The van der Waals surface area contributed by atoms with Gasteiger partial charge >= 0.3 is 7.60 Å². The Hall–Kier alpha value is -0.480. The van der Waals surface area contributed by atoms with Crippen LogP contribution in [0.4, 0.5) is 0 Å². The van der Waals surface area contributed by atoms with Crippen LogP contribution in [0.25, 0.3) is 0 Å². The van der Waals surface area contributed by atoms with Gasteiger partial charge in [-0.1, -0.05) is 28.1 Å². The minimum atomic E-state index is -3.43. The van der Waals surface area contributed by atoms with Gasteiger partial charge in [0.25, 0.3) is 0 Å². The summed E-state index contributed by atoms with van der Waals surface area (Å²) in [5.74, 6) is -0.254. The highest BCUT2D eigenvalue weighted by atomic mass is 79.9. The number of ketones is 1. The Labute approximate surface area is 128 Å². The van der Waals surface area contributed by atoms with Gasteiger partial charge in [-0.05, 0) is 39.8 Å². The molecule has 1 rings (SSSR count). The minimum absolute atomic E-state index is 0.250. The molecule has 0 atom stereocenters. The zero-order valence-electron chi connectivity index (χ0n) is 12.1. The Morgan fingerprint density at radius 2 is 1.75 bits per heavy atom. The van der Waals surface area contributed by atoms with E-state index in [4.69, 9.17) is 9.05 Å². The minimum Gasteiger partial charge on any atom is -0.305 e. The van der Waals surface area contributed by atoms with E-state index in [-0.39, 0.29) is 24.2 Å². The first-order chi connectivity index (χ1) is 9.22. The summed E-state index contributed by atoms with van der Waals surface area (Å²) >= 11 is 3.31. The number of benzene rings is 1. The number of carbonyl (C=O) groups excluding carboxylic acids is 1. The van der Waals surface area contributed by atoms with E-state index in [0.717, 1.165) is 4.47 Å². The fourth-order valence-electron chi connectivity index (χ4n) is 1.67. The van der Waals surface area contributed by atoms with Crippen molar-refractivity contribution in [3.05, 3.63) is 34.3 Å². The third kappa shape index (κ3) is 5.88. The first-order valence-electron chi connectivity index (χ1n) is 6.46. The van der Waals surface area contributed by atoms with Crippen molar-refractivity contribution in [1.82, 2.24) is 0 Å². The fraction of sp³-hybridized carbons (Fsp3) is 0.500. The molecule has 0 saturated heterocycles. The van der Waals surface area contributed by atoms with Crippen LogP contribution in [0.5, 0.6) is 0 Å². The van der Waals surface area contributed by atoms with Crippen LogP contribution in [-0.4, -0.2) is 24.2 Å². The van der Waals surface area contributed by atoms with Gasteiger partial charge in [-0.3, -0.25) is 9.36 Å². The SMILES string of the molecule is CC(C)OP(=O)(CC(=O)c1cccc(Br)c1)OC(C)C. The highest BCUT2D eigenvalue weighted by Crippen LogP contribution is 2.50. The molecule has 1 aromatic carbocycles. The van der Waals surface area contributed by atoms with Crippen LogP contribution in [0.1, 0.15) is 38.1 Å². The predicted molar refractivity (Wildman–Crippen MR) is 83.4 cm³/mol. The van der Waals surface area contributed by atoms with Crippen molar-refractivity contribution in [3.8, 4) is 0 Å². The van der Waals surface area contributed by atoms with Gasteiger partial charge in [-0.2, -0.15) is 0 Å². The Morgan fingerprint density at radius 3 is 2.20 bits per heavy atom. The molecule has 0 heterocycles. The molecule has 0 saturated carbocycles. The second-order valence-corrected chi connectivity index (χ2v) is 7.89. The Morgan fingerprint density at radius 1 is 1.20 bits per heavy atom. The van der Waals surface area contributed by atoms with Crippen LogP contribution in [0, 0.1) is 0 Å². The van der Waals surface area contributed by atoms with Crippen LogP contribution in [0.2, 0.25) is 0 Å². The molecule has 0 amide bonds. The molecule has 20 heavy (non-hydrogen) atoms. The third-order valence-electron chi connectivity index (χ3n) is 2.23. The number of hydrogen-bond acceptors (Lipinski definition) is 4. The van der Waals surface area contributed by atoms with Crippen LogP contribution in [0.15, 0.2) is 28.7 Å². The van der Waals surface area contributed by atoms with Crippen molar-refractivity contribution in [3.63, 3.8) is 0 Å². The molecule has 0 bridgehead atoms. The number of hydrogen-bond donors (Lipinski definition) is 0. The third-order valence-corrected chi connectivity index (χ3v) is 4.88. The highest BCUT2D eigenvalue weighted by molar-refractivity contribution is 9.10. The van der Waals surface area contributed by atoms with E-state index in [9.17, 15) is 9.36 Å². The summed E-state index contributed by atoms with van der Waals surface area (Å²) in [7, 11) is -3.43. The maximum Gasteiger partial charge on any atom is 0.338 e. The summed E-state index contributed by atoms with van der Waals surface area (Å²) in [6, 6.07) is 6.96. The second kappa shape index (κ2) is 7.51. The van der Waals surface area contributed by atoms with E-state index in [1.165, 1.54) is 0 Å². The van der Waals surface area contributed by atoms with Gasteiger partial charge in [0, 0.05) is 10.0 Å². The lowest BCUT2D eigenvalue weighted by Crippen LogP contribution is -2.15. The zero-order valence-corrected chi connectivity index (χ0v) is 14.6. The van der Waals surface area contributed by atoms with Crippen LogP contribution in [-0.2, 0) is 13.6 Å². The Kier molecular flexibility index (Phi) is 6.59. The maximum atomic E-state index is 12.6. The van der Waals surface area contributed by atoms with E-state index >= 15 is 0 Å². The lowest BCUT2D eigenvalue weighted by atomic mass is 10.2. The number of Topliss-reactive ketones (excluding diaryl/α,β-unsaturated/α-hetero) is 1. The van der Waals surface area contributed by atoms with E-state index in [0.29, 0.717) is 5.56 Å². The largest absolute Gasteiger partial charge is 0.338 e. The van der Waals surface area contributed by atoms with Crippen molar-refractivity contribution in [2.75, 3.05) is 6.16 Å². The smallest absolute Gasteiger partial charge is 0.305 e. The monoisotopic (exact) mass is 362 g/mol.